The highest BCUT2D eigenvalue weighted by molar-refractivity contribution is 7.10. The molecule has 0 unspecified atom stereocenters. The Morgan fingerprint density at radius 3 is 2.56 bits per heavy atom. The second kappa shape index (κ2) is 4.48. The summed E-state index contributed by atoms with van der Waals surface area (Å²) in [7, 11) is 0. The summed E-state index contributed by atoms with van der Waals surface area (Å²) in [6, 6.07) is 8.59. The molecule has 0 bridgehead atoms. The third kappa shape index (κ3) is 1.98. The number of rotatable bonds is 4. The largest absolute Gasteiger partial charge is 0.395 e. The number of aromatic nitrogens is 1. The maximum absolute atomic E-state index is 9.42. The molecule has 0 saturated heterocycles. The zero-order valence-electron chi connectivity index (χ0n) is 10.5. The van der Waals surface area contributed by atoms with Crippen molar-refractivity contribution in [2.45, 2.75) is 31.6 Å². The predicted octanol–water partition coefficient (Wildman–Crippen LogP) is 3.40. The summed E-state index contributed by atoms with van der Waals surface area (Å²) in [4.78, 5) is 4.70. The van der Waals surface area contributed by atoms with Gasteiger partial charge in [-0.25, -0.2) is 4.98 Å². The van der Waals surface area contributed by atoms with Crippen LogP contribution >= 0.6 is 11.3 Å². The van der Waals surface area contributed by atoms with Crippen LogP contribution in [0.3, 0.4) is 0 Å². The monoisotopic (exact) mass is 259 g/mol. The summed E-state index contributed by atoms with van der Waals surface area (Å²) in [6.07, 6.45) is 3.21. The molecule has 1 saturated carbocycles. The van der Waals surface area contributed by atoms with Crippen molar-refractivity contribution in [3.63, 3.8) is 0 Å². The van der Waals surface area contributed by atoms with Crippen LogP contribution in [-0.4, -0.2) is 16.7 Å². The quantitative estimate of drug-likeness (QED) is 0.913. The number of thiazole rings is 1. The van der Waals surface area contributed by atoms with Crippen LogP contribution in [-0.2, 0) is 11.8 Å². The first-order chi connectivity index (χ1) is 8.77. The van der Waals surface area contributed by atoms with Gasteiger partial charge in [0.15, 0.2) is 0 Å². The van der Waals surface area contributed by atoms with E-state index in [4.69, 9.17) is 4.98 Å². The van der Waals surface area contributed by atoms with Gasteiger partial charge >= 0.3 is 0 Å². The summed E-state index contributed by atoms with van der Waals surface area (Å²) in [6.45, 7) is 2.39. The summed E-state index contributed by atoms with van der Waals surface area (Å²) in [5.41, 5.74) is 3.55. The first-order valence-electron chi connectivity index (χ1n) is 6.43. The van der Waals surface area contributed by atoms with E-state index < -0.39 is 0 Å². The lowest BCUT2D eigenvalue weighted by atomic mass is 10.1. The molecule has 1 aromatic carbocycles. The maximum Gasteiger partial charge on any atom is 0.102 e. The lowest BCUT2D eigenvalue weighted by molar-refractivity contribution is 0.255. The number of aliphatic hydroxyl groups excluding tert-OH is 1. The normalized spacial score (nSPS) is 16.8. The average molecular weight is 259 g/mol. The van der Waals surface area contributed by atoms with Gasteiger partial charge in [0.25, 0.3) is 0 Å². The smallest absolute Gasteiger partial charge is 0.102 e. The maximum atomic E-state index is 9.42. The van der Waals surface area contributed by atoms with E-state index in [1.54, 1.807) is 11.3 Å². The van der Waals surface area contributed by atoms with Crippen LogP contribution in [0, 0.1) is 0 Å². The predicted molar refractivity (Wildman–Crippen MR) is 74.9 cm³/mol. The van der Waals surface area contributed by atoms with Gasteiger partial charge in [-0.15, -0.1) is 11.3 Å². The molecule has 18 heavy (non-hydrogen) atoms. The Kier molecular flexibility index (Phi) is 2.96. The molecule has 2 aromatic rings. The molecule has 1 heterocycles. The van der Waals surface area contributed by atoms with Gasteiger partial charge in [0.05, 0.1) is 12.3 Å². The molecule has 0 aliphatic heterocycles. The average Bonchev–Trinajstić information content (AvgIpc) is 3.08. The fraction of sp³-hybridized carbons (Fsp3) is 0.400. The Balaban J connectivity index is 1.88. The van der Waals surface area contributed by atoms with Crippen molar-refractivity contribution in [2.24, 2.45) is 0 Å². The molecule has 3 rings (SSSR count). The molecule has 1 N–H and O–H groups in total. The minimum atomic E-state index is -0.00766. The highest BCUT2D eigenvalue weighted by Gasteiger charge is 2.46. The molecular formula is C15H17NOS. The molecular weight excluding hydrogens is 242 g/mol. The minimum Gasteiger partial charge on any atom is -0.395 e. The minimum absolute atomic E-state index is 0.00766. The molecule has 0 radical (unpaired) electrons. The molecule has 1 aliphatic rings. The van der Waals surface area contributed by atoms with E-state index in [0.29, 0.717) is 0 Å². The summed E-state index contributed by atoms with van der Waals surface area (Å²) >= 11 is 1.68. The van der Waals surface area contributed by atoms with Crippen molar-refractivity contribution >= 4 is 11.3 Å². The number of benzene rings is 1. The highest BCUT2D eigenvalue weighted by atomic mass is 32.1. The molecule has 1 aromatic heterocycles. The highest BCUT2D eigenvalue weighted by Crippen LogP contribution is 2.49. The summed E-state index contributed by atoms with van der Waals surface area (Å²) in [5, 5.41) is 12.6. The standard InChI is InChI=1S/C15H17NOS/c1-2-11-3-5-12(6-4-11)13-9-18-14(16-13)15(10-17)7-8-15/h3-6,9,17H,2,7-8,10H2,1H3. The van der Waals surface area contributed by atoms with Crippen LogP contribution in [0.1, 0.15) is 30.3 Å². The number of aliphatic hydroxyl groups is 1. The van der Waals surface area contributed by atoms with E-state index >= 15 is 0 Å². The van der Waals surface area contributed by atoms with Crippen molar-refractivity contribution in [1.82, 2.24) is 4.98 Å². The fourth-order valence-corrected chi connectivity index (χ4v) is 3.23. The van der Waals surface area contributed by atoms with E-state index in [2.05, 4.69) is 36.6 Å². The van der Waals surface area contributed by atoms with E-state index in [9.17, 15) is 5.11 Å². The Morgan fingerprint density at radius 2 is 2.00 bits per heavy atom. The molecule has 3 heteroatoms. The molecule has 94 valence electrons. The SMILES string of the molecule is CCc1ccc(-c2csc(C3(CO)CC3)n2)cc1. The second-order valence-electron chi connectivity index (χ2n) is 5.03. The molecule has 2 nitrogen and oxygen atoms in total. The van der Waals surface area contributed by atoms with Crippen LogP contribution < -0.4 is 0 Å². The van der Waals surface area contributed by atoms with Crippen molar-refractivity contribution in [1.29, 1.82) is 0 Å². The first kappa shape index (κ1) is 11.9. The van der Waals surface area contributed by atoms with Gasteiger partial charge in [-0.1, -0.05) is 31.2 Å². The number of nitrogens with zero attached hydrogens (tertiary/aromatic N) is 1. The second-order valence-corrected chi connectivity index (χ2v) is 5.88. The molecule has 0 amide bonds. The van der Waals surface area contributed by atoms with Crippen LogP contribution in [0.25, 0.3) is 11.3 Å². The van der Waals surface area contributed by atoms with E-state index in [1.165, 1.54) is 11.1 Å². The van der Waals surface area contributed by atoms with Gasteiger partial charge in [0, 0.05) is 16.4 Å². The zero-order chi connectivity index (χ0) is 12.6. The van der Waals surface area contributed by atoms with E-state index in [0.717, 1.165) is 30.0 Å². The number of aryl methyl sites for hydroxylation is 1. The fourth-order valence-electron chi connectivity index (χ4n) is 2.15. The van der Waals surface area contributed by atoms with Crippen molar-refractivity contribution in [3.8, 4) is 11.3 Å². The summed E-state index contributed by atoms with van der Waals surface area (Å²) in [5.74, 6) is 0. The molecule has 0 atom stereocenters. The van der Waals surface area contributed by atoms with Crippen LogP contribution in [0.5, 0.6) is 0 Å². The number of hydrogen-bond acceptors (Lipinski definition) is 3. The molecule has 1 aliphatic carbocycles. The van der Waals surface area contributed by atoms with Crippen LogP contribution in [0.15, 0.2) is 29.6 Å². The Morgan fingerprint density at radius 1 is 1.28 bits per heavy atom. The first-order valence-corrected chi connectivity index (χ1v) is 7.31. The lowest BCUT2D eigenvalue weighted by Gasteiger charge is -2.06. The van der Waals surface area contributed by atoms with Crippen LogP contribution in [0.4, 0.5) is 0 Å². The molecule has 0 spiro atoms. The van der Waals surface area contributed by atoms with Crippen molar-refractivity contribution in [3.05, 3.63) is 40.2 Å². The van der Waals surface area contributed by atoms with Gasteiger partial charge in [0.1, 0.15) is 5.01 Å². The van der Waals surface area contributed by atoms with E-state index in [-0.39, 0.29) is 12.0 Å². The van der Waals surface area contributed by atoms with E-state index in [1.807, 2.05) is 0 Å². The van der Waals surface area contributed by atoms with Gasteiger partial charge in [-0.3, -0.25) is 0 Å². The topological polar surface area (TPSA) is 33.1 Å². The lowest BCUT2D eigenvalue weighted by Crippen LogP contribution is -2.11. The third-order valence-electron chi connectivity index (χ3n) is 3.77. The Hall–Kier alpha value is -1.19. The zero-order valence-corrected chi connectivity index (χ0v) is 11.3. The van der Waals surface area contributed by atoms with Crippen molar-refractivity contribution < 1.29 is 5.11 Å². The Bertz CT molecular complexity index is 540. The van der Waals surface area contributed by atoms with Gasteiger partial charge in [-0.2, -0.15) is 0 Å². The number of hydrogen-bond donors (Lipinski definition) is 1. The summed E-state index contributed by atoms with van der Waals surface area (Å²) < 4.78 is 0. The third-order valence-corrected chi connectivity index (χ3v) is 4.86. The van der Waals surface area contributed by atoms with Crippen molar-refractivity contribution in [2.75, 3.05) is 6.61 Å². The van der Waals surface area contributed by atoms with Gasteiger partial charge in [0.2, 0.25) is 0 Å². The Labute approximate surface area is 111 Å². The molecule has 1 fully saturated rings. The van der Waals surface area contributed by atoms with Gasteiger partial charge < -0.3 is 5.11 Å². The van der Waals surface area contributed by atoms with Crippen LogP contribution in [0.2, 0.25) is 0 Å². The van der Waals surface area contributed by atoms with Gasteiger partial charge in [-0.05, 0) is 24.8 Å².